The Labute approximate surface area is 224 Å². The SMILES string of the molecule is C=CCN(CC(=O)N1CCc2sccc2C1c1ccc(Cl)cc1Cl)C(=O)c1ccc2ccccc2c1. The molecule has 0 saturated carbocycles. The number of fused-ring (bicyclic) bond motifs is 2. The second-order valence-electron chi connectivity index (χ2n) is 8.74. The lowest BCUT2D eigenvalue weighted by Gasteiger charge is -2.38. The monoisotopic (exact) mass is 534 g/mol. The summed E-state index contributed by atoms with van der Waals surface area (Å²) < 4.78 is 0. The molecule has 0 N–H and O–H groups in total. The first-order valence-electron chi connectivity index (χ1n) is 11.7. The molecule has 4 aromatic rings. The number of nitrogens with zero attached hydrogens (tertiary/aromatic N) is 2. The largest absolute Gasteiger partial charge is 0.330 e. The molecule has 0 fully saturated rings. The molecule has 36 heavy (non-hydrogen) atoms. The van der Waals surface area contributed by atoms with Crippen molar-refractivity contribution in [2.45, 2.75) is 12.5 Å². The van der Waals surface area contributed by atoms with Gasteiger partial charge in [-0.25, -0.2) is 0 Å². The number of benzene rings is 3. The van der Waals surface area contributed by atoms with Gasteiger partial charge in [-0.05, 0) is 64.0 Å². The lowest BCUT2D eigenvalue weighted by Crippen LogP contribution is -2.46. The minimum absolute atomic E-state index is 0.0567. The predicted molar refractivity (Wildman–Crippen MR) is 148 cm³/mol. The summed E-state index contributed by atoms with van der Waals surface area (Å²) in [6.07, 6.45) is 2.41. The fourth-order valence-corrected chi connectivity index (χ4v) is 6.19. The van der Waals surface area contributed by atoms with E-state index in [0.717, 1.165) is 28.3 Å². The Morgan fingerprint density at radius 3 is 2.61 bits per heavy atom. The highest BCUT2D eigenvalue weighted by atomic mass is 35.5. The van der Waals surface area contributed by atoms with E-state index in [1.807, 2.05) is 52.7 Å². The van der Waals surface area contributed by atoms with Crippen molar-refractivity contribution in [3.63, 3.8) is 0 Å². The number of hydrogen-bond donors (Lipinski definition) is 0. The van der Waals surface area contributed by atoms with Crippen molar-refractivity contribution in [3.05, 3.63) is 116 Å². The molecule has 5 rings (SSSR count). The van der Waals surface area contributed by atoms with Crippen molar-refractivity contribution in [3.8, 4) is 0 Å². The summed E-state index contributed by atoms with van der Waals surface area (Å²) in [6.45, 7) is 4.56. The van der Waals surface area contributed by atoms with Gasteiger partial charge in [0.05, 0.1) is 6.04 Å². The fraction of sp³-hybridized carbons (Fsp3) is 0.172. The van der Waals surface area contributed by atoms with Crippen LogP contribution in [0.4, 0.5) is 0 Å². The van der Waals surface area contributed by atoms with Gasteiger partial charge < -0.3 is 9.80 Å². The van der Waals surface area contributed by atoms with Crippen LogP contribution in [0, 0.1) is 0 Å². The molecule has 3 aromatic carbocycles. The molecule has 1 aliphatic rings. The average Bonchev–Trinajstić information content (AvgIpc) is 3.36. The number of carbonyl (C=O) groups excluding carboxylic acids is 2. The molecule has 0 bridgehead atoms. The first-order valence-corrected chi connectivity index (χ1v) is 13.3. The van der Waals surface area contributed by atoms with E-state index in [2.05, 4.69) is 12.6 Å². The summed E-state index contributed by atoms with van der Waals surface area (Å²) in [4.78, 5) is 31.8. The molecular weight excluding hydrogens is 511 g/mol. The third-order valence-corrected chi connectivity index (χ3v) is 8.06. The van der Waals surface area contributed by atoms with Crippen molar-refractivity contribution < 1.29 is 9.59 Å². The number of hydrogen-bond acceptors (Lipinski definition) is 3. The highest BCUT2D eigenvalue weighted by Crippen LogP contribution is 2.41. The van der Waals surface area contributed by atoms with Crippen molar-refractivity contribution in [1.82, 2.24) is 9.80 Å². The summed E-state index contributed by atoms with van der Waals surface area (Å²) in [5, 5.41) is 5.14. The number of thiophene rings is 1. The molecule has 0 radical (unpaired) electrons. The normalized spacial score (nSPS) is 14.9. The molecule has 4 nitrogen and oxygen atoms in total. The maximum absolute atomic E-state index is 13.8. The van der Waals surface area contributed by atoms with Gasteiger partial charge in [-0.2, -0.15) is 0 Å². The zero-order chi connectivity index (χ0) is 25.2. The zero-order valence-electron chi connectivity index (χ0n) is 19.5. The van der Waals surface area contributed by atoms with Gasteiger partial charge in [0.25, 0.3) is 5.91 Å². The van der Waals surface area contributed by atoms with Crippen molar-refractivity contribution in [1.29, 1.82) is 0 Å². The van der Waals surface area contributed by atoms with Crippen molar-refractivity contribution >= 4 is 57.1 Å². The highest BCUT2D eigenvalue weighted by molar-refractivity contribution is 7.10. The second-order valence-corrected chi connectivity index (χ2v) is 10.6. The van der Waals surface area contributed by atoms with E-state index in [4.69, 9.17) is 23.2 Å². The van der Waals surface area contributed by atoms with Crippen LogP contribution in [0.2, 0.25) is 10.0 Å². The highest BCUT2D eigenvalue weighted by Gasteiger charge is 2.35. The lowest BCUT2D eigenvalue weighted by atomic mass is 9.93. The number of carbonyl (C=O) groups is 2. The summed E-state index contributed by atoms with van der Waals surface area (Å²) in [5.74, 6) is -0.345. The van der Waals surface area contributed by atoms with Crippen LogP contribution in [0.3, 0.4) is 0 Å². The maximum atomic E-state index is 13.8. The molecule has 1 aliphatic heterocycles. The van der Waals surface area contributed by atoms with Gasteiger partial charge >= 0.3 is 0 Å². The molecule has 2 heterocycles. The Hall–Kier alpha value is -3.12. The minimum atomic E-state index is -0.335. The Bertz CT molecular complexity index is 1460. The smallest absolute Gasteiger partial charge is 0.254 e. The summed E-state index contributed by atoms with van der Waals surface area (Å²) in [7, 11) is 0. The quantitative estimate of drug-likeness (QED) is 0.249. The molecule has 1 aromatic heterocycles. The van der Waals surface area contributed by atoms with E-state index in [-0.39, 0.29) is 30.9 Å². The summed E-state index contributed by atoms with van der Waals surface area (Å²) in [5.41, 5.74) is 2.43. The van der Waals surface area contributed by atoms with Crippen molar-refractivity contribution in [2.75, 3.05) is 19.6 Å². The van der Waals surface area contributed by atoms with Crippen molar-refractivity contribution in [2.24, 2.45) is 0 Å². The van der Waals surface area contributed by atoms with E-state index < -0.39 is 0 Å². The average molecular weight is 535 g/mol. The van der Waals surface area contributed by atoms with Crippen LogP contribution in [0.1, 0.15) is 32.4 Å². The van der Waals surface area contributed by atoms with Crippen LogP contribution in [0.5, 0.6) is 0 Å². The molecular formula is C29H24Cl2N2O2S. The molecule has 1 unspecified atom stereocenters. The number of amides is 2. The topological polar surface area (TPSA) is 40.6 Å². The summed E-state index contributed by atoms with van der Waals surface area (Å²) >= 11 is 14.4. The van der Waals surface area contributed by atoms with Gasteiger partial charge in [0.15, 0.2) is 0 Å². The number of halogens is 2. The van der Waals surface area contributed by atoms with Crippen LogP contribution in [-0.4, -0.2) is 41.2 Å². The van der Waals surface area contributed by atoms with Crippen LogP contribution in [0.15, 0.2) is 84.8 Å². The Morgan fingerprint density at radius 1 is 1.03 bits per heavy atom. The third kappa shape index (κ3) is 4.79. The van der Waals surface area contributed by atoms with Gasteiger partial charge in [0, 0.05) is 33.6 Å². The Morgan fingerprint density at radius 2 is 1.83 bits per heavy atom. The molecule has 7 heteroatoms. The lowest BCUT2D eigenvalue weighted by molar-refractivity contribution is -0.133. The standard InChI is InChI=1S/C29H24Cl2N2O2S/c1-2-13-32(29(35)21-8-7-19-5-3-4-6-20(19)16-21)18-27(34)33-14-11-26-24(12-15-36-26)28(33)23-10-9-22(30)17-25(23)31/h2-10,12,15-17,28H,1,11,13-14,18H2. The Kier molecular flexibility index (Phi) is 7.15. The van der Waals surface area contributed by atoms with Gasteiger partial charge in [0.1, 0.15) is 6.54 Å². The second kappa shape index (κ2) is 10.5. The third-order valence-electron chi connectivity index (χ3n) is 6.50. The molecule has 0 saturated heterocycles. The van der Waals surface area contributed by atoms with Crippen LogP contribution in [-0.2, 0) is 11.2 Å². The van der Waals surface area contributed by atoms with Crippen LogP contribution < -0.4 is 0 Å². The van der Waals surface area contributed by atoms with E-state index in [1.165, 1.54) is 4.88 Å². The van der Waals surface area contributed by atoms with Gasteiger partial charge in [-0.3, -0.25) is 9.59 Å². The van der Waals surface area contributed by atoms with E-state index >= 15 is 0 Å². The molecule has 0 aliphatic carbocycles. The van der Waals surface area contributed by atoms with Gasteiger partial charge in [-0.15, -0.1) is 17.9 Å². The maximum Gasteiger partial charge on any atom is 0.254 e. The van der Waals surface area contributed by atoms with E-state index in [9.17, 15) is 9.59 Å². The van der Waals surface area contributed by atoms with Crippen LogP contribution in [0.25, 0.3) is 10.8 Å². The van der Waals surface area contributed by atoms with Gasteiger partial charge in [0.2, 0.25) is 5.91 Å². The number of rotatable bonds is 6. The summed E-state index contributed by atoms with van der Waals surface area (Å²) in [6, 6.07) is 20.6. The first-order chi connectivity index (χ1) is 17.5. The zero-order valence-corrected chi connectivity index (χ0v) is 21.8. The van der Waals surface area contributed by atoms with Crippen LogP contribution >= 0.6 is 34.5 Å². The molecule has 182 valence electrons. The molecule has 2 amide bonds. The first kappa shape index (κ1) is 24.6. The van der Waals surface area contributed by atoms with E-state index in [0.29, 0.717) is 22.2 Å². The molecule has 0 spiro atoms. The minimum Gasteiger partial charge on any atom is -0.330 e. The molecule has 1 atom stereocenters. The fourth-order valence-electron chi connectivity index (χ4n) is 4.78. The Balaban J connectivity index is 1.44. The van der Waals surface area contributed by atoms with E-state index in [1.54, 1.807) is 40.5 Å². The predicted octanol–water partition coefficient (Wildman–Crippen LogP) is 7.01. The van der Waals surface area contributed by atoms with Gasteiger partial charge in [-0.1, -0.05) is 65.7 Å².